The van der Waals surface area contributed by atoms with Crippen LogP contribution in [-0.2, 0) is 10.2 Å². The largest absolute Gasteiger partial charge is 0.458 e. The lowest BCUT2D eigenvalue weighted by molar-refractivity contribution is 0.0549. The first-order valence-electron chi connectivity index (χ1n) is 9.38. The zero-order chi connectivity index (χ0) is 17.8. The van der Waals surface area contributed by atoms with Gasteiger partial charge in [0.05, 0.1) is 5.56 Å². The maximum atomic E-state index is 12.0. The highest BCUT2D eigenvalue weighted by atomic mass is 16.5. The number of ether oxygens (including phenoxy) is 1. The molecule has 0 heterocycles. The predicted molar refractivity (Wildman–Crippen MR) is 103 cm³/mol. The SMILES string of the molecule is CCCCCCCC/C=C/COC(=O)c1ccc(C(C)(C)C)cc1. The Bertz CT molecular complexity index is 492. The topological polar surface area (TPSA) is 26.3 Å². The summed E-state index contributed by atoms with van der Waals surface area (Å²) in [6.07, 6.45) is 13.0. The minimum atomic E-state index is -0.250. The quantitative estimate of drug-likeness (QED) is 0.280. The molecule has 1 rings (SSSR count). The molecule has 0 N–H and O–H groups in total. The molecule has 0 aliphatic heterocycles. The fourth-order valence-corrected chi connectivity index (χ4v) is 2.54. The van der Waals surface area contributed by atoms with Crippen molar-refractivity contribution in [3.05, 3.63) is 47.5 Å². The molecule has 2 nitrogen and oxygen atoms in total. The van der Waals surface area contributed by atoms with Gasteiger partial charge in [-0.05, 0) is 36.0 Å². The van der Waals surface area contributed by atoms with Crippen molar-refractivity contribution in [3.8, 4) is 0 Å². The Hall–Kier alpha value is -1.57. The highest BCUT2D eigenvalue weighted by Crippen LogP contribution is 2.22. The Balaban J connectivity index is 2.21. The van der Waals surface area contributed by atoms with Crippen LogP contribution in [0.2, 0.25) is 0 Å². The molecule has 0 aliphatic rings. The van der Waals surface area contributed by atoms with Crippen molar-refractivity contribution in [2.24, 2.45) is 0 Å². The van der Waals surface area contributed by atoms with E-state index in [1.54, 1.807) is 0 Å². The number of rotatable bonds is 10. The summed E-state index contributed by atoms with van der Waals surface area (Å²) in [5.74, 6) is -0.250. The molecule has 0 bridgehead atoms. The highest BCUT2D eigenvalue weighted by molar-refractivity contribution is 5.89. The Morgan fingerprint density at radius 1 is 0.958 bits per heavy atom. The number of allylic oxidation sites excluding steroid dienone is 1. The molecule has 0 aromatic heterocycles. The minimum absolute atomic E-state index is 0.0989. The third kappa shape index (κ3) is 8.33. The summed E-state index contributed by atoms with van der Waals surface area (Å²) in [5, 5.41) is 0. The van der Waals surface area contributed by atoms with Crippen molar-refractivity contribution < 1.29 is 9.53 Å². The van der Waals surface area contributed by atoms with Crippen LogP contribution >= 0.6 is 0 Å². The first-order chi connectivity index (χ1) is 11.4. The van der Waals surface area contributed by atoms with Gasteiger partial charge in [0.2, 0.25) is 0 Å². The maximum absolute atomic E-state index is 12.0. The van der Waals surface area contributed by atoms with Crippen LogP contribution < -0.4 is 0 Å². The van der Waals surface area contributed by atoms with Gasteiger partial charge >= 0.3 is 5.97 Å². The molecule has 0 saturated carbocycles. The molecule has 0 aliphatic carbocycles. The molecule has 134 valence electrons. The van der Waals surface area contributed by atoms with E-state index in [0.717, 1.165) is 6.42 Å². The van der Waals surface area contributed by atoms with E-state index in [0.29, 0.717) is 12.2 Å². The molecule has 24 heavy (non-hydrogen) atoms. The van der Waals surface area contributed by atoms with Gasteiger partial charge in [-0.15, -0.1) is 0 Å². The number of esters is 1. The standard InChI is InChI=1S/C22H34O2/c1-5-6-7-8-9-10-11-12-13-18-24-21(23)19-14-16-20(17-15-19)22(2,3)4/h12-17H,5-11,18H2,1-4H3/b13-12+. The minimum Gasteiger partial charge on any atom is -0.458 e. The lowest BCUT2D eigenvalue weighted by Crippen LogP contribution is -2.12. The molecule has 0 amide bonds. The van der Waals surface area contributed by atoms with E-state index >= 15 is 0 Å². The van der Waals surface area contributed by atoms with E-state index in [1.165, 1.54) is 44.1 Å². The van der Waals surface area contributed by atoms with Crippen LogP contribution in [0, 0.1) is 0 Å². The van der Waals surface area contributed by atoms with Crippen LogP contribution in [0.15, 0.2) is 36.4 Å². The van der Waals surface area contributed by atoms with Gasteiger partial charge in [0.25, 0.3) is 0 Å². The molecule has 0 radical (unpaired) electrons. The molecule has 0 atom stereocenters. The molecule has 0 fully saturated rings. The molecule has 0 spiro atoms. The molecule has 2 heteroatoms. The normalized spacial score (nSPS) is 11.8. The summed E-state index contributed by atoms with van der Waals surface area (Å²) < 4.78 is 5.29. The Labute approximate surface area is 148 Å². The van der Waals surface area contributed by atoms with Gasteiger partial charge in [0, 0.05) is 0 Å². The van der Waals surface area contributed by atoms with Crippen molar-refractivity contribution in [1.82, 2.24) is 0 Å². The van der Waals surface area contributed by atoms with E-state index in [4.69, 9.17) is 4.74 Å². The molecule has 1 aromatic carbocycles. The summed E-state index contributed by atoms with van der Waals surface area (Å²) >= 11 is 0. The molecule has 0 unspecified atom stereocenters. The van der Waals surface area contributed by atoms with E-state index in [2.05, 4.69) is 33.8 Å². The summed E-state index contributed by atoms with van der Waals surface area (Å²) in [7, 11) is 0. The van der Waals surface area contributed by atoms with Gasteiger partial charge in [-0.25, -0.2) is 4.79 Å². The fourth-order valence-electron chi connectivity index (χ4n) is 2.54. The summed E-state index contributed by atoms with van der Waals surface area (Å²) in [6, 6.07) is 7.71. The van der Waals surface area contributed by atoms with Gasteiger partial charge in [0.1, 0.15) is 6.61 Å². The van der Waals surface area contributed by atoms with Crippen molar-refractivity contribution in [1.29, 1.82) is 0 Å². The van der Waals surface area contributed by atoms with Gasteiger partial charge in [0.15, 0.2) is 0 Å². The zero-order valence-corrected chi connectivity index (χ0v) is 15.9. The van der Waals surface area contributed by atoms with Gasteiger partial charge in [-0.2, -0.15) is 0 Å². The van der Waals surface area contributed by atoms with E-state index < -0.39 is 0 Å². The third-order valence-electron chi connectivity index (χ3n) is 4.19. The number of carbonyl (C=O) groups excluding carboxylic acids is 1. The molecular weight excluding hydrogens is 296 g/mol. The number of carbonyl (C=O) groups is 1. The van der Waals surface area contributed by atoms with Gasteiger partial charge < -0.3 is 4.74 Å². The van der Waals surface area contributed by atoms with Gasteiger partial charge in [-0.3, -0.25) is 0 Å². The van der Waals surface area contributed by atoms with E-state index in [1.807, 2.05) is 30.3 Å². The average Bonchev–Trinajstić information content (AvgIpc) is 2.55. The molecular formula is C22H34O2. The molecule has 1 aromatic rings. The Morgan fingerprint density at radius 3 is 2.21 bits per heavy atom. The lowest BCUT2D eigenvalue weighted by Gasteiger charge is -2.18. The second-order valence-electron chi connectivity index (χ2n) is 7.45. The van der Waals surface area contributed by atoms with E-state index in [9.17, 15) is 4.79 Å². The monoisotopic (exact) mass is 330 g/mol. The number of hydrogen-bond donors (Lipinski definition) is 0. The maximum Gasteiger partial charge on any atom is 0.338 e. The van der Waals surface area contributed by atoms with Crippen LogP contribution in [0.5, 0.6) is 0 Å². The summed E-state index contributed by atoms with van der Waals surface area (Å²) in [4.78, 5) is 12.0. The zero-order valence-electron chi connectivity index (χ0n) is 15.9. The first-order valence-corrected chi connectivity index (χ1v) is 9.38. The van der Waals surface area contributed by atoms with Crippen molar-refractivity contribution in [2.75, 3.05) is 6.61 Å². The predicted octanol–water partition coefficient (Wildman–Crippen LogP) is 6.45. The van der Waals surface area contributed by atoms with Crippen molar-refractivity contribution in [2.45, 2.75) is 78.1 Å². The van der Waals surface area contributed by atoms with Crippen LogP contribution in [0.1, 0.15) is 88.6 Å². The number of unbranched alkanes of at least 4 members (excludes halogenated alkanes) is 6. The average molecular weight is 331 g/mol. The second-order valence-corrected chi connectivity index (χ2v) is 7.45. The van der Waals surface area contributed by atoms with Crippen molar-refractivity contribution >= 4 is 5.97 Å². The van der Waals surface area contributed by atoms with Crippen LogP contribution in [0.25, 0.3) is 0 Å². The Kier molecular flexibility index (Phi) is 9.44. The highest BCUT2D eigenvalue weighted by Gasteiger charge is 2.14. The number of benzene rings is 1. The third-order valence-corrected chi connectivity index (χ3v) is 4.19. The summed E-state index contributed by atoms with van der Waals surface area (Å²) in [5.41, 5.74) is 1.94. The fraction of sp³-hybridized carbons (Fsp3) is 0.591. The van der Waals surface area contributed by atoms with Crippen LogP contribution in [0.3, 0.4) is 0 Å². The first kappa shape index (κ1) is 20.5. The van der Waals surface area contributed by atoms with Crippen LogP contribution in [-0.4, -0.2) is 12.6 Å². The summed E-state index contributed by atoms with van der Waals surface area (Å²) in [6.45, 7) is 9.08. The lowest BCUT2D eigenvalue weighted by atomic mass is 9.87. The number of hydrogen-bond acceptors (Lipinski definition) is 2. The molecule has 0 saturated heterocycles. The van der Waals surface area contributed by atoms with E-state index in [-0.39, 0.29) is 11.4 Å². The second kappa shape index (κ2) is 11.1. The van der Waals surface area contributed by atoms with Crippen molar-refractivity contribution in [3.63, 3.8) is 0 Å². The Morgan fingerprint density at radius 2 is 1.58 bits per heavy atom. The van der Waals surface area contributed by atoms with Crippen LogP contribution in [0.4, 0.5) is 0 Å². The van der Waals surface area contributed by atoms with Gasteiger partial charge in [-0.1, -0.05) is 84.1 Å². The smallest absolute Gasteiger partial charge is 0.338 e.